The number of fused-ring (bicyclic) bond motifs is 1. The Hall–Kier alpha value is -2.68. The molecular weight excluding hydrogens is 356 g/mol. The first kappa shape index (κ1) is 20.6. The summed E-state index contributed by atoms with van der Waals surface area (Å²) < 4.78 is 16.0. The molecule has 0 saturated heterocycles. The number of esters is 1. The van der Waals surface area contributed by atoms with Gasteiger partial charge in [0.2, 0.25) is 0 Å². The summed E-state index contributed by atoms with van der Waals surface area (Å²) in [4.78, 5) is 36.6. The Balaban J connectivity index is 2.17. The van der Waals surface area contributed by atoms with Gasteiger partial charge in [0.05, 0.1) is 17.2 Å². The number of rotatable bonds is 9. The summed E-state index contributed by atoms with van der Waals surface area (Å²) in [6, 6.07) is 3.96. The second-order valence-electron chi connectivity index (χ2n) is 6.45. The van der Waals surface area contributed by atoms with Gasteiger partial charge in [-0.1, -0.05) is 20.8 Å². The lowest BCUT2D eigenvalue weighted by Gasteiger charge is -2.35. The topological polar surface area (TPSA) is 108 Å². The molecule has 1 aromatic carbocycles. The van der Waals surface area contributed by atoms with Gasteiger partial charge in [0.15, 0.2) is 6.10 Å². The third-order valence-electron chi connectivity index (χ3n) is 3.94. The van der Waals surface area contributed by atoms with Crippen molar-refractivity contribution in [2.24, 2.45) is 5.92 Å². The Morgan fingerprint density at radius 2 is 2.07 bits per heavy atom. The van der Waals surface area contributed by atoms with Gasteiger partial charge >= 0.3 is 5.97 Å². The van der Waals surface area contributed by atoms with E-state index in [1.54, 1.807) is 0 Å². The molecule has 1 aliphatic heterocycles. The number of hydrogen-bond acceptors (Lipinski definition) is 7. The van der Waals surface area contributed by atoms with Gasteiger partial charge in [-0.05, 0) is 18.4 Å². The van der Waals surface area contributed by atoms with Crippen molar-refractivity contribution >= 4 is 23.3 Å². The van der Waals surface area contributed by atoms with E-state index in [0.29, 0.717) is 12.4 Å². The van der Waals surface area contributed by atoms with Crippen LogP contribution in [0, 0.1) is 16.0 Å². The summed E-state index contributed by atoms with van der Waals surface area (Å²) in [6.07, 6.45) is 0.0854. The lowest BCUT2D eigenvalue weighted by Crippen LogP contribution is -2.50. The van der Waals surface area contributed by atoms with Crippen LogP contribution in [0.4, 0.5) is 11.4 Å². The number of amides is 1. The third kappa shape index (κ3) is 5.16. The molecule has 0 saturated carbocycles. The minimum absolute atomic E-state index is 0.0762. The summed E-state index contributed by atoms with van der Waals surface area (Å²) in [5.41, 5.74) is -0.00948. The minimum Gasteiger partial charge on any atom is -0.478 e. The molecule has 148 valence electrons. The van der Waals surface area contributed by atoms with Gasteiger partial charge < -0.3 is 14.2 Å². The Morgan fingerprint density at radius 3 is 2.70 bits per heavy atom. The van der Waals surface area contributed by atoms with Crippen LogP contribution in [0.2, 0.25) is 0 Å². The second-order valence-corrected chi connectivity index (χ2v) is 6.45. The first-order valence-electron chi connectivity index (χ1n) is 8.85. The average molecular weight is 380 g/mol. The van der Waals surface area contributed by atoms with Crippen LogP contribution < -0.4 is 9.64 Å². The maximum absolute atomic E-state index is 12.8. The van der Waals surface area contributed by atoms with Gasteiger partial charge in [-0.3, -0.25) is 24.6 Å². The minimum atomic E-state index is -0.778. The zero-order valence-corrected chi connectivity index (χ0v) is 15.7. The van der Waals surface area contributed by atoms with Crippen molar-refractivity contribution in [3.05, 3.63) is 28.3 Å². The molecule has 0 spiro atoms. The van der Waals surface area contributed by atoms with E-state index in [9.17, 15) is 19.7 Å². The summed E-state index contributed by atoms with van der Waals surface area (Å²) >= 11 is 0. The molecule has 0 N–H and O–H groups in total. The number of ether oxygens (including phenoxy) is 3. The number of nitrogens with zero attached hydrogens (tertiary/aromatic N) is 2. The Labute approximate surface area is 157 Å². The molecule has 1 heterocycles. The summed E-state index contributed by atoms with van der Waals surface area (Å²) in [6.45, 7) is 6.18. The molecule has 1 unspecified atom stereocenters. The molecule has 1 aromatic rings. The van der Waals surface area contributed by atoms with Crippen LogP contribution in [-0.2, 0) is 19.1 Å². The summed E-state index contributed by atoms with van der Waals surface area (Å²) in [7, 11) is 0. The highest BCUT2D eigenvalue weighted by Crippen LogP contribution is 2.38. The summed E-state index contributed by atoms with van der Waals surface area (Å²) in [5, 5.41) is 11.1. The number of carbonyl (C=O) groups excluding carboxylic acids is 2. The van der Waals surface area contributed by atoms with Gasteiger partial charge in [0.25, 0.3) is 11.6 Å². The Morgan fingerprint density at radius 1 is 1.33 bits per heavy atom. The fraction of sp³-hybridized carbons (Fsp3) is 0.556. The van der Waals surface area contributed by atoms with Crippen LogP contribution in [0.25, 0.3) is 0 Å². The first-order chi connectivity index (χ1) is 12.8. The highest BCUT2D eigenvalue weighted by Gasteiger charge is 2.38. The number of benzene rings is 1. The van der Waals surface area contributed by atoms with Crippen LogP contribution in [0.3, 0.4) is 0 Å². The maximum atomic E-state index is 12.8. The quantitative estimate of drug-likeness (QED) is 0.280. The van der Waals surface area contributed by atoms with Crippen LogP contribution in [-0.4, -0.2) is 49.3 Å². The number of non-ortho nitro benzene ring substituents is 1. The maximum Gasteiger partial charge on any atom is 0.326 e. The fourth-order valence-electron chi connectivity index (χ4n) is 2.61. The van der Waals surface area contributed by atoms with Crippen molar-refractivity contribution in [1.29, 1.82) is 0 Å². The molecule has 9 nitrogen and oxygen atoms in total. The van der Waals surface area contributed by atoms with Gasteiger partial charge in [0, 0.05) is 18.7 Å². The smallest absolute Gasteiger partial charge is 0.326 e. The van der Waals surface area contributed by atoms with E-state index >= 15 is 0 Å². The first-order valence-corrected chi connectivity index (χ1v) is 8.85. The van der Waals surface area contributed by atoms with Crippen molar-refractivity contribution in [3.63, 3.8) is 0 Å². The molecule has 0 fully saturated rings. The van der Waals surface area contributed by atoms with Gasteiger partial charge in [-0.15, -0.1) is 0 Å². The zero-order chi connectivity index (χ0) is 20.0. The highest BCUT2D eigenvalue weighted by molar-refractivity contribution is 6.03. The molecule has 0 aromatic heterocycles. The molecule has 0 bridgehead atoms. The molecule has 2 rings (SSSR count). The number of nitro benzene ring substituents is 1. The molecule has 0 aliphatic carbocycles. The molecule has 1 atom stereocenters. The summed E-state index contributed by atoms with van der Waals surface area (Å²) in [5.74, 6) is -0.873. The molecule has 27 heavy (non-hydrogen) atoms. The predicted octanol–water partition coefficient (Wildman–Crippen LogP) is 2.31. The van der Waals surface area contributed by atoms with Crippen LogP contribution in [0.15, 0.2) is 18.2 Å². The van der Waals surface area contributed by atoms with E-state index in [1.807, 2.05) is 20.8 Å². The molecule has 1 aliphatic rings. The van der Waals surface area contributed by atoms with Crippen molar-refractivity contribution in [2.45, 2.75) is 33.3 Å². The van der Waals surface area contributed by atoms with E-state index in [0.717, 1.165) is 6.42 Å². The number of anilines is 1. The lowest BCUT2D eigenvalue weighted by atomic mass is 10.0. The fourth-order valence-corrected chi connectivity index (χ4v) is 2.61. The SMILES string of the molecule is CCCOCCOC(=O)CN1C(=O)C(C(C)C)Oc2ccc([N+](=O)[O-])cc21. The largest absolute Gasteiger partial charge is 0.478 e. The average Bonchev–Trinajstić information content (AvgIpc) is 2.62. The molecule has 1 amide bonds. The Kier molecular flexibility index (Phi) is 7.12. The van der Waals surface area contributed by atoms with Gasteiger partial charge in [0.1, 0.15) is 18.9 Å². The van der Waals surface area contributed by atoms with Gasteiger partial charge in [-0.25, -0.2) is 0 Å². The normalized spacial score (nSPS) is 16.1. The van der Waals surface area contributed by atoms with E-state index in [-0.39, 0.29) is 37.1 Å². The monoisotopic (exact) mass is 380 g/mol. The van der Waals surface area contributed by atoms with Crippen LogP contribution in [0.5, 0.6) is 5.75 Å². The van der Waals surface area contributed by atoms with E-state index in [2.05, 4.69) is 0 Å². The van der Waals surface area contributed by atoms with E-state index in [1.165, 1.54) is 23.1 Å². The van der Waals surface area contributed by atoms with E-state index in [4.69, 9.17) is 14.2 Å². The number of carbonyl (C=O) groups is 2. The van der Waals surface area contributed by atoms with Gasteiger partial charge in [-0.2, -0.15) is 0 Å². The highest BCUT2D eigenvalue weighted by atomic mass is 16.6. The van der Waals surface area contributed by atoms with Crippen molar-refractivity contribution in [1.82, 2.24) is 0 Å². The molecular formula is C18H24N2O7. The standard InChI is InChI=1S/C18H24N2O7/c1-4-7-25-8-9-26-16(21)11-19-14-10-13(20(23)24)5-6-15(14)27-17(12(2)3)18(19)22/h5-6,10,12,17H,4,7-9,11H2,1-3H3. The van der Waals surface area contributed by atoms with Crippen molar-refractivity contribution in [3.8, 4) is 5.75 Å². The predicted molar refractivity (Wildman–Crippen MR) is 96.8 cm³/mol. The third-order valence-corrected chi connectivity index (χ3v) is 3.94. The number of hydrogen-bond donors (Lipinski definition) is 0. The lowest BCUT2D eigenvalue weighted by molar-refractivity contribution is -0.384. The number of nitro groups is 1. The Bertz CT molecular complexity index is 705. The molecule has 0 radical (unpaired) electrons. The second kappa shape index (κ2) is 9.31. The zero-order valence-electron chi connectivity index (χ0n) is 15.7. The van der Waals surface area contributed by atoms with Crippen LogP contribution in [0.1, 0.15) is 27.2 Å². The van der Waals surface area contributed by atoms with Crippen molar-refractivity contribution in [2.75, 3.05) is 31.3 Å². The van der Waals surface area contributed by atoms with Crippen molar-refractivity contribution < 1.29 is 28.7 Å². The molecule has 9 heteroatoms. The van der Waals surface area contributed by atoms with Crippen LogP contribution >= 0.6 is 0 Å². The van der Waals surface area contributed by atoms with E-state index < -0.39 is 22.9 Å².